The van der Waals surface area contributed by atoms with Crippen LogP contribution in [0.15, 0.2) is 53.5 Å². The second kappa shape index (κ2) is 8.91. The van der Waals surface area contributed by atoms with E-state index in [4.69, 9.17) is 0 Å². The first kappa shape index (κ1) is 17.8. The van der Waals surface area contributed by atoms with Crippen molar-refractivity contribution in [2.75, 3.05) is 25.5 Å². The molecule has 5 nitrogen and oxygen atoms in total. The number of anilines is 1. The second-order valence-electron chi connectivity index (χ2n) is 5.85. The minimum atomic E-state index is 0.185. The maximum absolute atomic E-state index is 4.66. The minimum absolute atomic E-state index is 0.185. The van der Waals surface area contributed by atoms with Crippen LogP contribution < -0.4 is 15.5 Å². The van der Waals surface area contributed by atoms with E-state index < -0.39 is 0 Å². The van der Waals surface area contributed by atoms with Crippen LogP contribution in [0.3, 0.4) is 0 Å². The Morgan fingerprint density at radius 3 is 2.54 bits per heavy atom. The summed E-state index contributed by atoms with van der Waals surface area (Å²) in [7, 11) is 3.98. The van der Waals surface area contributed by atoms with Crippen LogP contribution in [0.4, 0.5) is 5.82 Å². The zero-order valence-electron chi connectivity index (χ0n) is 15.0. The molecular formula is C19H27N5. The van der Waals surface area contributed by atoms with E-state index in [1.807, 2.05) is 55.4 Å². The molecule has 24 heavy (non-hydrogen) atoms. The smallest absolute Gasteiger partial charge is 0.192 e. The summed E-state index contributed by atoms with van der Waals surface area (Å²) in [6.07, 6.45) is 0. The van der Waals surface area contributed by atoms with Crippen molar-refractivity contribution in [1.82, 2.24) is 15.6 Å². The first-order valence-electron chi connectivity index (χ1n) is 8.33. The number of pyridine rings is 1. The van der Waals surface area contributed by atoms with E-state index in [9.17, 15) is 0 Å². The number of rotatable bonds is 6. The Morgan fingerprint density at radius 2 is 1.88 bits per heavy atom. The monoisotopic (exact) mass is 325 g/mol. The quantitative estimate of drug-likeness (QED) is 0.633. The number of nitrogens with zero attached hydrogens (tertiary/aromatic N) is 3. The first-order chi connectivity index (χ1) is 11.6. The second-order valence-corrected chi connectivity index (χ2v) is 5.85. The average Bonchev–Trinajstić information content (AvgIpc) is 2.61. The van der Waals surface area contributed by atoms with Gasteiger partial charge in [-0.2, -0.15) is 0 Å². The highest BCUT2D eigenvalue weighted by Gasteiger charge is 2.07. The maximum Gasteiger partial charge on any atom is 0.192 e. The number of nitrogens with one attached hydrogen (secondary N) is 2. The fraction of sp³-hybridized carbons (Fsp3) is 0.368. The topological polar surface area (TPSA) is 52.6 Å². The van der Waals surface area contributed by atoms with Gasteiger partial charge in [-0.15, -0.1) is 0 Å². The van der Waals surface area contributed by atoms with Gasteiger partial charge in [0.25, 0.3) is 0 Å². The molecule has 2 aromatic rings. The van der Waals surface area contributed by atoms with Gasteiger partial charge in [0.1, 0.15) is 5.82 Å². The molecule has 1 unspecified atom stereocenters. The fourth-order valence-corrected chi connectivity index (χ4v) is 2.31. The van der Waals surface area contributed by atoms with Gasteiger partial charge in [-0.25, -0.2) is 9.98 Å². The third-order valence-corrected chi connectivity index (χ3v) is 3.65. The van der Waals surface area contributed by atoms with Crippen molar-refractivity contribution in [1.29, 1.82) is 0 Å². The van der Waals surface area contributed by atoms with E-state index in [1.165, 1.54) is 5.56 Å². The summed E-state index contributed by atoms with van der Waals surface area (Å²) in [6, 6.07) is 16.5. The molecule has 1 heterocycles. The summed E-state index contributed by atoms with van der Waals surface area (Å²) < 4.78 is 0. The predicted octanol–water partition coefficient (Wildman–Crippen LogP) is 2.96. The number of aromatic nitrogens is 1. The molecule has 0 fully saturated rings. The van der Waals surface area contributed by atoms with Crippen molar-refractivity contribution in [2.45, 2.75) is 26.4 Å². The molecule has 0 aliphatic carbocycles. The minimum Gasteiger partial charge on any atom is -0.363 e. The average molecular weight is 325 g/mol. The Hall–Kier alpha value is -2.56. The van der Waals surface area contributed by atoms with E-state index >= 15 is 0 Å². The lowest BCUT2D eigenvalue weighted by molar-refractivity contribution is 0.685. The standard InChI is InChI=1S/C19H27N5/c1-5-20-19(22-15(2)16-10-7-6-8-11-16)21-14-17-12-9-13-18(23-17)24(3)4/h6-13,15H,5,14H2,1-4H3,(H2,20,21,22). The molecule has 0 radical (unpaired) electrons. The van der Waals surface area contributed by atoms with Gasteiger partial charge in [-0.3, -0.25) is 0 Å². The van der Waals surface area contributed by atoms with Gasteiger partial charge in [0.15, 0.2) is 5.96 Å². The summed E-state index contributed by atoms with van der Waals surface area (Å²) in [4.78, 5) is 11.3. The molecular weight excluding hydrogens is 298 g/mol. The molecule has 5 heteroatoms. The lowest BCUT2D eigenvalue weighted by Crippen LogP contribution is -2.38. The molecule has 0 aliphatic rings. The number of hydrogen-bond acceptors (Lipinski definition) is 3. The van der Waals surface area contributed by atoms with Gasteiger partial charge in [0.05, 0.1) is 18.3 Å². The lowest BCUT2D eigenvalue weighted by Gasteiger charge is -2.18. The summed E-state index contributed by atoms with van der Waals surface area (Å²) in [5.74, 6) is 1.74. The first-order valence-corrected chi connectivity index (χ1v) is 8.33. The third kappa shape index (κ3) is 5.26. The van der Waals surface area contributed by atoms with Crippen LogP contribution in [0.2, 0.25) is 0 Å². The highest BCUT2D eigenvalue weighted by Crippen LogP contribution is 2.11. The van der Waals surface area contributed by atoms with Crippen LogP contribution in [-0.4, -0.2) is 31.6 Å². The molecule has 0 saturated heterocycles. The normalized spacial score (nSPS) is 12.6. The van der Waals surface area contributed by atoms with Crippen LogP contribution in [-0.2, 0) is 6.54 Å². The van der Waals surface area contributed by atoms with E-state index in [-0.39, 0.29) is 6.04 Å². The zero-order chi connectivity index (χ0) is 17.4. The van der Waals surface area contributed by atoms with Crippen molar-refractivity contribution in [3.8, 4) is 0 Å². The molecule has 0 saturated carbocycles. The van der Waals surface area contributed by atoms with Crippen molar-refractivity contribution in [3.63, 3.8) is 0 Å². The number of hydrogen-bond donors (Lipinski definition) is 2. The van der Waals surface area contributed by atoms with Gasteiger partial charge in [-0.05, 0) is 31.5 Å². The van der Waals surface area contributed by atoms with Gasteiger partial charge in [0, 0.05) is 20.6 Å². The van der Waals surface area contributed by atoms with Crippen LogP contribution >= 0.6 is 0 Å². The molecule has 0 bridgehead atoms. The summed E-state index contributed by atoms with van der Waals surface area (Å²) >= 11 is 0. The molecule has 1 aromatic heterocycles. The highest BCUT2D eigenvalue weighted by atomic mass is 15.2. The van der Waals surface area contributed by atoms with Gasteiger partial charge in [0.2, 0.25) is 0 Å². The molecule has 0 spiro atoms. The Morgan fingerprint density at radius 1 is 1.12 bits per heavy atom. The lowest BCUT2D eigenvalue weighted by atomic mass is 10.1. The molecule has 2 rings (SSSR count). The molecule has 0 aliphatic heterocycles. The molecule has 2 N–H and O–H groups in total. The van der Waals surface area contributed by atoms with Gasteiger partial charge in [-0.1, -0.05) is 36.4 Å². The fourth-order valence-electron chi connectivity index (χ4n) is 2.31. The van der Waals surface area contributed by atoms with Crippen molar-refractivity contribution < 1.29 is 0 Å². The third-order valence-electron chi connectivity index (χ3n) is 3.65. The van der Waals surface area contributed by atoms with E-state index in [2.05, 4.69) is 46.6 Å². The van der Waals surface area contributed by atoms with Crippen molar-refractivity contribution in [2.24, 2.45) is 4.99 Å². The Labute approximate surface area is 144 Å². The van der Waals surface area contributed by atoms with Crippen molar-refractivity contribution >= 4 is 11.8 Å². The Kier molecular flexibility index (Phi) is 6.61. The Balaban J connectivity index is 2.06. The summed E-state index contributed by atoms with van der Waals surface area (Å²) in [5.41, 5.74) is 2.18. The SMILES string of the molecule is CCNC(=NCc1cccc(N(C)C)n1)NC(C)c1ccccc1. The number of guanidine groups is 1. The van der Waals surface area contributed by atoms with Crippen molar-refractivity contribution in [3.05, 3.63) is 59.8 Å². The van der Waals surface area contributed by atoms with E-state index in [0.29, 0.717) is 6.54 Å². The summed E-state index contributed by atoms with van der Waals surface area (Å²) in [5, 5.41) is 6.73. The van der Waals surface area contributed by atoms with Crippen LogP contribution in [0.25, 0.3) is 0 Å². The van der Waals surface area contributed by atoms with Crippen LogP contribution in [0, 0.1) is 0 Å². The van der Waals surface area contributed by atoms with Crippen LogP contribution in [0.5, 0.6) is 0 Å². The van der Waals surface area contributed by atoms with E-state index in [0.717, 1.165) is 24.0 Å². The van der Waals surface area contributed by atoms with Gasteiger partial charge >= 0.3 is 0 Å². The Bertz CT molecular complexity index is 652. The van der Waals surface area contributed by atoms with Gasteiger partial charge < -0.3 is 15.5 Å². The molecule has 1 atom stereocenters. The summed E-state index contributed by atoms with van der Waals surface area (Å²) in [6.45, 7) is 5.55. The number of aliphatic imine (C=N–C) groups is 1. The zero-order valence-corrected chi connectivity index (χ0v) is 15.0. The molecule has 0 amide bonds. The van der Waals surface area contributed by atoms with Crippen LogP contribution in [0.1, 0.15) is 31.1 Å². The molecule has 1 aromatic carbocycles. The maximum atomic E-state index is 4.66. The number of benzene rings is 1. The highest BCUT2D eigenvalue weighted by molar-refractivity contribution is 5.80. The largest absolute Gasteiger partial charge is 0.363 e. The predicted molar refractivity (Wildman–Crippen MR) is 101 cm³/mol. The molecule has 128 valence electrons. The van der Waals surface area contributed by atoms with E-state index in [1.54, 1.807) is 0 Å².